The Labute approximate surface area is 184 Å². The summed E-state index contributed by atoms with van der Waals surface area (Å²) < 4.78 is 54.3. The third-order valence-corrected chi connectivity index (χ3v) is 7.17. The standard InChI is InChI=1S/C18H16Cl2N4O4S2/c19-17-6-4-15(11-21-17)29(25,26)23-9-13-2-1-3-14(8-13)10-24-30(27,28)16-5-7-18(20)22-12-16/h1-8,11-12,23-24H,9-10H2. The van der Waals surface area contributed by atoms with Crippen LogP contribution in [0.3, 0.4) is 0 Å². The van der Waals surface area contributed by atoms with Crippen LogP contribution in [0.1, 0.15) is 11.1 Å². The van der Waals surface area contributed by atoms with Gasteiger partial charge in [-0.3, -0.25) is 0 Å². The van der Waals surface area contributed by atoms with Crippen LogP contribution in [-0.4, -0.2) is 26.8 Å². The smallest absolute Gasteiger partial charge is 0.242 e. The Bertz CT molecular complexity index is 1140. The molecule has 0 amide bonds. The van der Waals surface area contributed by atoms with Crippen LogP contribution < -0.4 is 9.44 Å². The van der Waals surface area contributed by atoms with Crippen molar-refractivity contribution >= 4 is 43.2 Å². The number of nitrogens with one attached hydrogen (secondary N) is 2. The Kier molecular flexibility index (Phi) is 7.06. The van der Waals surface area contributed by atoms with Gasteiger partial charge in [0.05, 0.1) is 0 Å². The summed E-state index contributed by atoms with van der Waals surface area (Å²) in [7, 11) is -7.53. The van der Waals surface area contributed by atoms with Crippen LogP contribution in [0.4, 0.5) is 0 Å². The Hall–Kier alpha value is -2.08. The van der Waals surface area contributed by atoms with E-state index in [2.05, 4.69) is 19.4 Å². The third kappa shape index (κ3) is 5.97. The molecule has 0 unspecified atom stereocenters. The summed E-state index contributed by atoms with van der Waals surface area (Å²) in [6, 6.07) is 12.3. The average Bonchev–Trinajstić information content (AvgIpc) is 2.72. The second kappa shape index (κ2) is 9.38. The lowest BCUT2D eigenvalue weighted by molar-refractivity contribution is 0.580. The summed E-state index contributed by atoms with van der Waals surface area (Å²) in [4.78, 5) is 7.51. The number of pyridine rings is 2. The molecule has 0 aliphatic rings. The molecule has 0 atom stereocenters. The predicted molar refractivity (Wildman–Crippen MR) is 113 cm³/mol. The summed E-state index contributed by atoms with van der Waals surface area (Å²) in [5, 5.41) is 0.386. The maximum Gasteiger partial charge on any atom is 0.242 e. The molecule has 12 heteroatoms. The fourth-order valence-corrected chi connectivity index (χ4v) is 4.56. The molecule has 0 spiro atoms. The monoisotopic (exact) mass is 486 g/mol. The van der Waals surface area contributed by atoms with Crippen molar-refractivity contribution in [3.05, 3.63) is 82.4 Å². The molecule has 30 heavy (non-hydrogen) atoms. The molecular weight excluding hydrogens is 471 g/mol. The van der Waals surface area contributed by atoms with Gasteiger partial charge in [-0.05, 0) is 35.4 Å². The molecule has 0 saturated carbocycles. The highest BCUT2D eigenvalue weighted by Gasteiger charge is 2.16. The minimum atomic E-state index is -3.76. The van der Waals surface area contributed by atoms with Gasteiger partial charge in [0.1, 0.15) is 20.1 Å². The zero-order valence-electron chi connectivity index (χ0n) is 15.3. The Morgan fingerprint density at radius 1 is 0.700 bits per heavy atom. The van der Waals surface area contributed by atoms with Crippen LogP contribution in [0.2, 0.25) is 10.3 Å². The number of sulfonamides is 2. The molecule has 8 nitrogen and oxygen atoms in total. The average molecular weight is 487 g/mol. The van der Waals surface area contributed by atoms with Crippen LogP contribution in [0, 0.1) is 0 Å². The minimum absolute atomic E-state index is 0.00705. The highest BCUT2D eigenvalue weighted by molar-refractivity contribution is 7.89. The molecule has 2 aromatic heterocycles. The van der Waals surface area contributed by atoms with E-state index < -0.39 is 20.0 Å². The summed E-state index contributed by atoms with van der Waals surface area (Å²) in [5.74, 6) is 0. The van der Waals surface area contributed by atoms with Gasteiger partial charge < -0.3 is 0 Å². The first-order valence-corrected chi connectivity index (χ1v) is 12.2. The number of nitrogens with zero attached hydrogens (tertiary/aromatic N) is 2. The van der Waals surface area contributed by atoms with Crippen LogP contribution in [0.25, 0.3) is 0 Å². The van der Waals surface area contributed by atoms with Gasteiger partial charge in [-0.15, -0.1) is 0 Å². The van der Waals surface area contributed by atoms with Gasteiger partial charge in [-0.2, -0.15) is 0 Å². The van der Waals surface area contributed by atoms with Gasteiger partial charge in [0.2, 0.25) is 20.0 Å². The van der Waals surface area contributed by atoms with E-state index in [9.17, 15) is 16.8 Å². The lowest BCUT2D eigenvalue weighted by Gasteiger charge is -2.10. The first-order chi connectivity index (χ1) is 14.2. The predicted octanol–water partition coefficient (Wildman–Crippen LogP) is 2.74. The molecule has 0 aliphatic carbocycles. The molecule has 0 aliphatic heterocycles. The van der Waals surface area contributed by atoms with Gasteiger partial charge in [0, 0.05) is 25.5 Å². The van der Waals surface area contributed by atoms with E-state index in [0.29, 0.717) is 11.1 Å². The molecule has 0 fully saturated rings. The second-order valence-electron chi connectivity index (χ2n) is 6.10. The number of hydrogen-bond donors (Lipinski definition) is 2. The van der Waals surface area contributed by atoms with Crippen molar-refractivity contribution < 1.29 is 16.8 Å². The first kappa shape index (κ1) is 22.6. The number of benzene rings is 1. The number of rotatable bonds is 8. The number of aromatic nitrogens is 2. The van der Waals surface area contributed by atoms with Crippen molar-refractivity contribution in [1.29, 1.82) is 0 Å². The molecular formula is C18H16Cl2N4O4S2. The first-order valence-electron chi connectivity index (χ1n) is 8.46. The number of hydrogen-bond acceptors (Lipinski definition) is 6. The van der Waals surface area contributed by atoms with Gasteiger partial charge >= 0.3 is 0 Å². The normalized spacial score (nSPS) is 12.1. The van der Waals surface area contributed by atoms with Crippen molar-refractivity contribution in [3.63, 3.8) is 0 Å². The van der Waals surface area contributed by atoms with Crippen LogP contribution >= 0.6 is 23.2 Å². The Balaban J connectivity index is 1.64. The van der Waals surface area contributed by atoms with Crippen molar-refractivity contribution in [2.45, 2.75) is 22.9 Å². The van der Waals surface area contributed by atoms with E-state index in [1.807, 2.05) is 0 Å². The largest absolute Gasteiger partial charge is 0.243 e. The van der Waals surface area contributed by atoms with Crippen LogP contribution in [-0.2, 0) is 33.1 Å². The van der Waals surface area contributed by atoms with E-state index in [1.54, 1.807) is 24.3 Å². The minimum Gasteiger partial charge on any atom is -0.243 e. The zero-order chi connectivity index (χ0) is 21.8. The molecule has 3 aromatic rings. The molecule has 0 radical (unpaired) electrons. The zero-order valence-corrected chi connectivity index (χ0v) is 18.4. The maximum atomic E-state index is 12.3. The van der Waals surface area contributed by atoms with Crippen molar-refractivity contribution in [2.75, 3.05) is 0 Å². The summed E-state index contributed by atoms with van der Waals surface area (Å²) >= 11 is 11.4. The van der Waals surface area contributed by atoms with E-state index >= 15 is 0 Å². The summed E-state index contributed by atoms with van der Waals surface area (Å²) in [6.45, 7) is 0.0410. The van der Waals surface area contributed by atoms with E-state index in [0.717, 1.165) is 0 Å². The molecule has 3 rings (SSSR count). The number of halogens is 2. The maximum absolute atomic E-state index is 12.3. The molecule has 2 N–H and O–H groups in total. The summed E-state index contributed by atoms with van der Waals surface area (Å²) in [6.07, 6.45) is 2.34. The van der Waals surface area contributed by atoms with Crippen molar-refractivity contribution in [2.24, 2.45) is 0 Å². The second-order valence-corrected chi connectivity index (χ2v) is 10.4. The summed E-state index contributed by atoms with van der Waals surface area (Å²) in [5.41, 5.74) is 1.32. The highest BCUT2D eigenvalue weighted by Crippen LogP contribution is 2.14. The van der Waals surface area contributed by atoms with E-state index in [1.165, 1.54) is 36.7 Å². The Morgan fingerprint density at radius 3 is 1.50 bits per heavy atom. The van der Waals surface area contributed by atoms with Crippen LogP contribution in [0.5, 0.6) is 0 Å². The van der Waals surface area contributed by atoms with Crippen LogP contribution in [0.15, 0.2) is 70.7 Å². The van der Waals surface area contributed by atoms with Gasteiger partial charge in [-0.25, -0.2) is 36.2 Å². The quantitative estimate of drug-likeness (QED) is 0.472. The van der Waals surface area contributed by atoms with Crippen molar-refractivity contribution in [3.8, 4) is 0 Å². The molecule has 0 bridgehead atoms. The lowest BCUT2D eigenvalue weighted by atomic mass is 10.1. The third-order valence-electron chi connectivity index (χ3n) is 3.95. The molecule has 0 saturated heterocycles. The van der Waals surface area contributed by atoms with E-state index in [-0.39, 0.29) is 33.2 Å². The highest BCUT2D eigenvalue weighted by atomic mass is 35.5. The molecule has 1 aromatic carbocycles. The van der Waals surface area contributed by atoms with Gasteiger partial charge in [0.15, 0.2) is 0 Å². The SMILES string of the molecule is O=S(=O)(NCc1cccc(CNS(=O)(=O)c2ccc(Cl)nc2)c1)c1ccc(Cl)nc1. The lowest BCUT2D eigenvalue weighted by Crippen LogP contribution is -2.24. The van der Waals surface area contributed by atoms with E-state index in [4.69, 9.17) is 23.2 Å². The fraction of sp³-hybridized carbons (Fsp3) is 0.111. The van der Waals surface area contributed by atoms with Gasteiger partial charge in [-0.1, -0.05) is 47.5 Å². The fourth-order valence-electron chi connectivity index (χ4n) is 2.42. The topological polar surface area (TPSA) is 118 Å². The Morgan fingerprint density at radius 2 is 1.13 bits per heavy atom. The van der Waals surface area contributed by atoms with Crippen molar-refractivity contribution in [1.82, 2.24) is 19.4 Å². The molecule has 158 valence electrons. The molecule has 2 heterocycles. The van der Waals surface area contributed by atoms with Gasteiger partial charge in [0.25, 0.3) is 0 Å².